The summed E-state index contributed by atoms with van der Waals surface area (Å²) in [6.07, 6.45) is 11.7. The molecule has 1 aromatic carbocycles. The van der Waals surface area contributed by atoms with E-state index in [2.05, 4.69) is 39.0 Å². The van der Waals surface area contributed by atoms with E-state index in [-0.39, 0.29) is 0 Å². The van der Waals surface area contributed by atoms with E-state index in [9.17, 15) is 0 Å². The zero-order valence-electron chi connectivity index (χ0n) is 12.5. The van der Waals surface area contributed by atoms with Crippen LogP contribution in [-0.2, 0) is 19.3 Å². The average molecular weight is 245 g/mol. The molecule has 0 spiro atoms. The van der Waals surface area contributed by atoms with Gasteiger partial charge in [0.05, 0.1) is 0 Å². The fourth-order valence-corrected chi connectivity index (χ4v) is 2.60. The number of benzene rings is 1. The molecule has 0 heteroatoms. The molecule has 101 valence electrons. The van der Waals surface area contributed by atoms with E-state index in [1.807, 2.05) is 0 Å². The molecule has 0 aliphatic carbocycles. The topological polar surface area (TPSA) is 0 Å². The van der Waals surface area contributed by atoms with E-state index in [0.29, 0.717) is 0 Å². The van der Waals surface area contributed by atoms with Gasteiger partial charge in [-0.2, -0.15) is 0 Å². The lowest BCUT2D eigenvalue weighted by molar-refractivity contribution is 0.689. The van der Waals surface area contributed by atoms with Gasteiger partial charge in [0, 0.05) is 0 Å². The summed E-state index contributed by atoms with van der Waals surface area (Å²) in [4.78, 5) is 0. The van der Waals surface area contributed by atoms with Crippen molar-refractivity contribution in [1.29, 1.82) is 0 Å². The van der Waals surface area contributed by atoms with E-state index in [1.54, 1.807) is 11.1 Å². The molecular formula is C18H29. The molecule has 0 atom stereocenters. The number of rotatable bonds is 9. The Labute approximate surface area is 114 Å². The average Bonchev–Trinajstić information content (AvgIpc) is 2.40. The molecule has 0 nitrogen and oxygen atoms in total. The van der Waals surface area contributed by atoms with Gasteiger partial charge in [0.2, 0.25) is 0 Å². The summed E-state index contributed by atoms with van der Waals surface area (Å²) < 4.78 is 0. The van der Waals surface area contributed by atoms with Crippen molar-refractivity contribution in [2.75, 3.05) is 0 Å². The summed E-state index contributed by atoms with van der Waals surface area (Å²) in [7, 11) is 0. The molecule has 0 N–H and O–H groups in total. The summed E-state index contributed by atoms with van der Waals surface area (Å²) in [5, 5.41) is 0. The minimum absolute atomic E-state index is 1.13. The fourth-order valence-electron chi connectivity index (χ4n) is 2.60. The Morgan fingerprint density at radius 2 is 1.56 bits per heavy atom. The number of hydrogen-bond donors (Lipinski definition) is 0. The van der Waals surface area contributed by atoms with Crippen LogP contribution in [-0.4, -0.2) is 0 Å². The van der Waals surface area contributed by atoms with Crippen molar-refractivity contribution >= 4 is 0 Å². The molecule has 0 saturated heterocycles. The summed E-state index contributed by atoms with van der Waals surface area (Å²) in [6.45, 7) is 6.81. The van der Waals surface area contributed by atoms with Crippen molar-refractivity contribution in [3.63, 3.8) is 0 Å². The van der Waals surface area contributed by atoms with Crippen molar-refractivity contribution in [2.24, 2.45) is 0 Å². The molecule has 0 saturated carbocycles. The van der Waals surface area contributed by atoms with Crippen molar-refractivity contribution < 1.29 is 0 Å². The lowest BCUT2D eigenvalue weighted by Gasteiger charge is -2.13. The Morgan fingerprint density at radius 1 is 0.889 bits per heavy atom. The van der Waals surface area contributed by atoms with Crippen LogP contribution in [0.15, 0.2) is 12.1 Å². The van der Waals surface area contributed by atoms with Gasteiger partial charge in [0.25, 0.3) is 0 Å². The molecule has 18 heavy (non-hydrogen) atoms. The maximum absolute atomic E-state index is 3.44. The molecular weight excluding hydrogens is 216 g/mol. The summed E-state index contributed by atoms with van der Waals surface area (Å²) in [6, 6.07) is 7.87. The minimum atomic E-state index is 1.13. The van der Waals surface area contributed by atoms with E-state index in [0.717, 1.165) is 6.42 Å². The van der Waals surface area contributed by atoms with E-state index >= 15 is 0 Å². The SMILES string of the molecule is CCCCCc1cc[c]c(CC)c1CCCCC. The molecule has 1 aromatic rings. The van der Waals surface area contributed by atoms with Crippen LogP contribution in [0, 0.1) is 6.07 Å². The molecule has 0 aromatic heterocycles. The highest BCUT2D eigenvalue weighted by Crippen LogP contribution is 2.20. The first-order valence-electron chi connectivity index (χ1n) is 7.84. The molecule has 1 radical (unpaired) electrons. The van der Waals surface area contributed by atoms with Crippen molar-refractivity contribution in [2.45, 2.75) is 78.6 Å². The van der Waals surface area contributed by atoms with Crippen molar-refractivity contribution in [3.8, 4) is 0 Å². The van der Waals surface area contributed by atoms with Crippen molar-refractivity contribution in [1.82, 2.24) is 0 Å². The largest absolute Gasteiger partial charge is 0.0654 e. The van der Waals surface area contributed by atoms with Crippen LogP contribution < -0.4 is 0 Å². The van der Waals surface area contributed by atoms with Gasteiger partial charge < -0.3 is 0 Å². The predicted octanol–water partition coefficient (Wildman–Crippen LogP) is 5.51. The van der Waals surface area contributed by atoms with Gasteiger partial charge in [-0.05, 0) is 54.9 Å². The van der Waals surface area contributed by atoms with E-state index in [1.165, 1.54) is 56.9 Å². The van der Waals surface area contributed by atoms with Gasteiger partial charge in [0.1, 0.15) is 0 Å². The first kappa shape index (κ1) is 15.3. The fraction of sp³-hybridized carbons (Fsp3) is 0.667. The summed E-state index contributed by atoms with van der Waals surface area (Å²) in [5.74, 6) is 0. The number of aryl methyl sites for hydroxylation is 2. The summed E-state index contributed by atoms with van der Waals surface area (Å²) in [5.41, 5.74) is 4.67. The molecule has 0 bridgehead atoms. The van der Waals surface area contributed by atoms with Crippen LogP contribution >= 0.6 is 0 Å². The van der Waals surface area contributed by atoms with Crippen molar-refractivity contribution in [3.05, 3.63) is 34.9 Å². The molecule has 0 aliphatic rings. The second-order valence-electron chi connectivity index (χ2n) is 5.23. The van der Waals surface area contributed by atoms with Crippen LogP contribution in [0.4, 0.5) is 0 Å². The molecule has 0 fully saturated rings. The monoisotopic (exact) mass is 245 g/mol. The first-order valence-corrected chi connectivity index (χ1v) is 7.84. The predicted molar refractivity (Wildman–Crippen MR) is 81.1 cm³/mol. The third kappa shape index (κ3) is 4.84. The van der Waals surface area contributed by atoms with Gasteiger partial charge in [-0.15, -0.1) is 0 Å². The van der Waals surface area contributed by atoms with Gasteiger partial charge in [-0.25, -0.2) is 0 Å². The van der Waals surface area contributed by atoms with Gasteiger partial charge >= 0.3 is 0 Å². The lowest BCUT2D eigenvalue weighted by Crippen LogP contribution is -2.00. The second kappa shape index (κ2) is 9.19. The third-order valence-electron chi connectivity index (χ3n) is 3.73. The standard InChI is InChI=1S/C18H29/c1-4-7-9-12-17-14-11-13-16(6-3)18(17)15-10-8-5-2/h11,14H,4-10,12,15H2,1-3H3. The Hall–Kier alpha value is -0.780. The van der Waals surface area contributed by atoms with Crippen LogP contribution in [0.1, 0.15) is 76.0 Å². The van der Waals surface area contributed by atoms with Crippen LogP contribution in [0.2, 0.25) is 0 Å². The smallest absolute Gasteiger partial charge is 0.0146 e. The second-order valence-corrected chi connectivity index (χ2v) is 5.23. The van der Waals surface area contributed by atoms with E-state index in [4.69, 9.17) is 0 Å². The zero-order chi connectivity index (χ0) is 13.2. The minimum Gasteiger partial charge on any atom is -0.0654 e. The number of unbranched alkanes of at least 4 members (excludes halogenated alkanes) is 4. The molecule has 0 amide bonds. The Morgan fingerprint density at radius 3 is 2.17 bits per heavy atom. The highest BCUT2D eigenvalue weighted by molar-refractivity contribution is 5.35. The quantitative estimate of drug-likeness (QED) is 0.503. The van der Waals surface area contributed by atoms with Crippen LogP contribution in [0.5, 0.6) is 0 Å². The van der Waals surface area contributed by atoms with Crippen LogP contribution in [0.3, 0.4) is 0 Å². The zero-order valence-corrected chi connectivity index (χ0v) is 12.5. The molecule has 1 rings (SSSR count). The maximum Gasteiger partial charge on any atom is -0.0146 e. The number of hydrogen-bond acceptors (Lipinski definition) is 0. The highest BCUT2D eigenvalue weighted by atomic mass is 14.1. The third-order valence-corrected chi connectivity index (χ3v) is 3.73. The lowest BCUT2D eigenvalue weighted by atomic mass is 9.92. The first-order chi connectivity index (χ1) is 8.83. The van der Waals surface area contributed by atoms with Gasteiger partial charge in [0.15, 0.2) is 0 Å². The molecule has 0 unspecified atom stereocenters. The summed E-state index contributed by atoms with van der Waals surface area (Å²) >= 11 is 0. The van der Waals surface area contributed by atoms with Crippen LogP contribution in [0.25, 0.3) is 0 Å². The Kier molecular flexibility index (Phi) is 7.80. The molecule has 0 heterocycles. The molecule has 0 aliphatic heterocycles. The maximum atomic E-state index is 3.44. The van der Waals surface area contributed by atoms with E-state index < -0.39 is 0 Å². The highest BCUT2D eigenvalue weighted by Gasteiger charge is 2.07. The Bertz CT molecular complexity index is 325. The Balaban J connectivity index is 2.72. The van der Waals surface area contributed by atoms with Gasteiger partial charge in [-0.1, -0.05) is 58.6 Å². The van der Waals surface area contributed by atoms with Gasteiger partial charge in [-0.3, -0.25) is 0 Å². The normalized spacial score (nSPS) is 10.8.